The molecule has 1 aromatic carbocycles. The van der Waals surface area contributed by atoms with Crippen LogP contribution in [-0.4, -0.2) is 24.0 Å². The van der Waals surface area contributed by atoms with Crippen molar-refractivity contribution in [3.63, 3.8) is 0 Å². The smallest absolute Gasteiger partial charge is 0.363 e. The van der Waals surface area contributed by atoms with Gasteiger partial charge < -0.3 is 9.47 Å². The van der Waals surface area contributed by atoms with Gasteiger partial charge in [-0.1, -0.05) is 18.2 Å². The van der Waals surface area contributed by atoms with E-state index in [2.05, 4.69) is 9.98 Å². The molecular formula is C17H14N2O3. The van der Waals surface area contributed by atoms with Gasteiger partial charge in [-0.2, -0.15) is 0 Å². The maximum Gasteiger partial charge on any atom is 0.363 e. The lowest BCUT2D eigenvalue weighted by Crippen LogP contribution is -2.06. The van der Waals surface area contributed by atoms with Gasteiger partial charge in [0.1, 0.15) is 5.75 Å². The molecule has 0 saturated carbocycles. The number of benzene rings is 1. The molecular weight excluding hydrogens is 280 g/mol. The molecule has 0 spiro atoms. The molecule has 5 nitrogen and oxygen atoms in total. The highest BCUT2D eigenvalue weighted by atomic mass is 16.6. The Bertz CT molecular complexity index is 734. The summed E-state index contributed by atoms with van der Waals surface area (Å²) in [5, 5.41) is 0. The third-order valence-electron chi connectivity index (χ3n) is 3.17. The number of hydrogen-bond acceptors (Lipinski definition) is 5. The molecule has 1 aliphatic heterocycles. The molecule has 0 unspecified atom stereocenters. The summed E-state index contributed by atoms with van der Waals surface area (Å²) in [5.41, 5.74) is 2.09. The SMILES string of the molecule is COc1ccc(CC2=N/C(=C/c3cccnc3)C(=O)O2)cc1. The molecule has 110 valence electrons. The predicted molar refractivity (Wildman–Crippen MR) is 82.4 cm³/mol. The average molecular weight is 294 g/mol. The summed E-state index contributed by atoms with van der Waals surface area (Å²) >= 11 is 0. The molecule has 2 aromatic rings. The van der Waals surface area contributed by atoms with Crippen molar-refractivity contribution in [1.82, 2.24) is 4.98 Å². The fourth-order valence-corrected chi connectivity index (χ4v) is 2.07. The van der Waals surface area contributed by atoms with Crippen LogP contribution in [0.5, 0.6) is 5.75 Å². The molecule has 3 rings (SSSR count). The standard InChI is InChI=1S/C17H14N2O3/c1-21-14-6-4-12(5-7-14)10-16-19-15(17(20)22-16)9-13-3-2-8-18-11-13/h2-9,11H,10H2,1H3/b15-9+. The normalized spacial score (nSPS) is 15.6. The van der Waals surface area contributed by atoms with E-state index in [1.54, 1.807) is 31.6 Å². The van der Waals surface area contributed by atoms with Crippen LogP contribution in [0.25, 0.3) is 6.08 Å². The fraction of sp³-hybridized carbons (Fsp3) is 0.118. The first kappa shape index (κ1) is 14.0. The van der Waals surface area contributed by atoms with Crippen molar-refractivity contribution < 1.29 is 14.3 Å². The lowest BCUT2D eigenvalue weighted by Gasteiger charge is -2.02. The third-order valence-corrected chi connectivity index (χ3v) is 3.17. The summed E-state index contributed by atoms with van der Waals surface area (Å²) in [4.78, 5) is 20.1. The Hall–Kier alpha value is -2.95. The highest BCUT2D eigenvalue weighted by molar-refractivity contribution is 6.07. The van der Waals surface area contributed by atoms with Gasteiger partial charge in [0.2, 0.25) is 5.90 Å². The van der Waals surface area contributed by atoms with Crippen LogP contribution in [0.1, 0.15) is 11.1 Å². The average Bonchev–Trinajstić information content (AvgIpc) is 2.88. The van der Waals surface area contributed by atoms with Gasteiger partial charge in [-0.15, -0.1) is 0 Å². The Labute approximate surface area is 127 Å². The second kappa shape index (κ2) is 6.22. The molecule has 0 N–H and O–H groups in total. The molecule has 1 aromatic heterocycles. The maximum atomic E-state index is 11.8. The van der Waals surface area contributed by atoms with Gasteiger partial charge in [0, 0.05) is 18.8 Å². The number of aliphatic imine (C=N–C) groups is 1. The van der Waals surface area contributed by atoms with Gasteiger partial charge in [-0.3, -0.25) is 4.98 Å². The van der Waals surface area contributed by atoms with Crippen LogP contribution in [0, 0.1) is 0 Å². The number of ether oxygens (including phenoxy) is 2. The summed E-state index contributed by atoms with van der Waals surface area (Å²) < 4.78 is 10.3. The van der Waals surface area contributed by atoms with Crippen molar-refractivity contribution in [2.24, 2.45) is 4.99 Å². The minimum absolute atomic E-state index is 0.288. The van der Waals surface area contributed by atoms with Crippen molar-refractivity contribution in [1.29, 1.82) is 0 Å². The van der Waals surface area contributed by atoms with E-state index < -0.39 is 5.97 Å². The Balaban J connectivity index is 1.76. The quantitative estimate of drug-likeness (QED) is 0.642. The van der Waals surface area contributed by atoms with Gasteiger partial charge in [0.25, 0.3) is 0 Å². The molecule has 0 amide bonds. The van der Waals surface area contributed by atoms with E-state index in [0.29, 0.717) is 12.3 Å². The van der Waals surface area contributed by atoms with Crippen LogP contribution < -0.4 is 4.74 Å². The Kier molecular flexibility index (Phi) is 3.96. The van der Waals surface area contributed by atoms with E-state index >= 15 is 0 Å². The van der Waals surface area contributed by atoms with Gasteiger partial charge in [-0.05, 0) is 35.4 Å². The maximum absolute atomic E-state index is 11.8. The van der Waals surface area contributed by atoms with E-state index in [1.807, 2.05) is 30.3 Å². The van der Waals surface area contributed by atoms with Gasteiger partial charge in [0.15, 0.2) is 5.70 Å². The van der Waals surface area contributed by atoms with Crippen LogP contribution in [0.4, 0.5) is 0 Å². The molecule has 22 heavy (non-hydrogen) atoms. The van der Waals surface area contributed by atoms with Crippen LogP contribution in [0.3, 0.4) is 0 Å². The summed E-state index contributed by atoms with van der Waals surface area (Å²) in [5.74, 6) is 0.740. The zero-order chi connectivity index (χ0) is 15.4. The molecule has 0 saturated heterocycles. The summed E-state index contributed by atoms with van der Waals surface area (Å²) in [6.07, 6.45) is 5.46. The number of aromatic nitrogens is 1. The molecule has 0 radical (unpaired) electrons. The zero-order valence-corrected chi connectivity index (χ0v) is 12.0. The number of hydrogen-bond donors (Lipinski definition) is 0. The Morgan fingerprint density at radius 1 is 1.23 bits per heavy atom. The van der Waals surface area contributed by atoms with Crippen molar-refractivity contribution in [2.75, 3.05) is 7.11 Å². The van der Waals surface area contributed by atoms with E-state index in [-0.39, 0.29) is 5.70 Å². The van der Waals surface area contributed by atoms with E-state index in [0.717, 1.165) is 16.9 Å². The number of carbonyl (C=O) groups is 1. The molecule has 1 aliphatic rings. The Morgan fingerprint density at radius 3 is 2.73 bits per heavy atom. The minimum atomic E-state index is -0.438. The van der Waals surface area contributed by atoms with Crippen molar-refractivity contribution in [2.45, 2.75) is 6.42 Å². The molecule has 0 aliphatic carbocycles. The van der Waals surface area contributed by atoms with E-state index in [4.69, 9.17) is 9.47 Å². The first-order valence-electron chi connectivity index (χ1n) is 6.79. The number of methoxy groups -OCH3 is 1. The minimum Gasteiger partial charge on any atom is -0.497 e. The van der Waals surface area contributed by atoms with Crippen LogP contribution in [0.15, 0.2) is 59.5 Å². The number of cyclic esters (lactones) is 1. The largest absolute Gasteiger partial charge is 0.497 e. The van der Waals surface area contributed by atoms with Crippen molar-refractivity contribution in [3.8, 4) is 5.75 Å². The lowest BCUT2D eigenvalue weighted by molar-refractivity contribution is -0.130. The van der Waals surface area contributed by atoms with Crippen LogP contribution in [0.2, 0.25) is 0 Å². The molecule has 0 fully saturated rings. The first-order chi connectivity index (χ1) is 10.7. The number of pyridine rings is 1. The summed E-state index contributed by atoms with van der Waals surface area (Å²) in [6.45, 7) is 0. The highest BCUT2D eigenvalue weighted by Gasteiger charge is 2.22. The fourth-order valence-electron chi connectivity index (χ4n) is 2.07. The van der Waals surface area contributed by atoms with Crippen molar-refractivity contribution in [3.05, 3.63) is 65.6 Å². The second-order valence-corrected chi connectivity index (χ2v) is 4.74. The third kappa shape index (κ3) is 3.20. The monoisotopic (exact) mass is 294 g/mol. The van der Waals surface area contributed by atoms with E-state index in [1.165, 1.54) is 0 Å². The molecule has 2 heterocycles. The zero-order valence-electron chi connectivity index (χ0n) is 12.0. The summed E-state index contributed by atoms with van der Waals surface area (Å²) in [6, 6.07) is 11.2. The Morgan fingerprint density at radius 2 is 2.05 bits per heavy atom. The van der Waals surface area contributed by atoms with Crippen molar-refractivity contribution >= 4 is 17.9 Å². The number of rotatable bonds is 4. The number of esters is 1. The lowest BCUT2D eigenvalue weighted by atomic mass is 10.1. The molecule has 0 bridgehead atoms. The van der Waals surface area contributed by atoms with Gasteiger partial charge in [0.05, 0.1) is 7.11 Å². The first-order valence-corrected chi connectivity index (χ1v) is 6.79. The molecule has 5 heteroatoms. The predicted octanol–water partition coefficient (Wildman–Crippen LogP) is 2.63. The summed E-state index contributed by atoms with van der Waals surface area (Å²) in [7, 11) is 1.62. The number of carbonyl (C=O) groups excluding carboxylic acids is 1. The second-order valence-electron chi connectivity index (χ2n) is 4.74. The van der Waals surface area contributed by atoms with E-state index in [9.17, 15) is 4.79 Å². The van der Waals surface area contributed by atoms with Crippen LogP contribution in [-0.2, 0) is 16.0 Å². The molecule has 0 atom stereocenters. The van der Waals surface area contributed by atoms with Gasteiger partial charge in [-0.25, -0.2) is 9.79 Å². The van der Waals surface area contributed by atoms with Crippen LogP contribution >= 0.6 is 0 Å². The highest BCUT2D eigenvalue weighted by Crippen LogP contribution is 2.18. The van der Waals surface area contributed by atoms with Gasteiger partial charge >= 0.3 is 5.97 Å². The topological polar surface area (TPSA) is 60.8 Å². The number of nitrogens with zero attached hydrogens (tertiary/aromatic N) is 2.